The molecule has 10 nitrogen and oxygen atoms in total. The van der Waals surface area contributed by atoms with Crippen LogP contribution in [0.25, 0.3) is 0 Å². The van der Waals surface area contributed by atoms with Crippen molar-refractivity contribution >= 4 is 23.5 Å². The Morgan fingerprint density at radius 3 is 2.23 bits per heavy atom. The number of carbonyl (C=O) groups excluding carboxylic acids is 4. The normalized spacial score (nSPS) is 37.8. The summed E-state index contributed by atoms with van der Waals surface area (Å²) in [6, 6.07) is 8.63. The lowest BCUT2D eigenvalue weighted by molar-refractivity contribution is -0.294. The van der Waals surface area contributed by atoms with E-state index in [4.69, 9.17) is 23.7 Å². The number of allylic oxidation sites excluding steroid dienone is 1. The second-order valence-electron chi connectivity index (χ2n) is 13.8. The van der Waals surface area contributed by atoms with Gasteiger partial charge in [-0.3, -0.25) is 14.4 Å². The molecular weight excluding hydrogens is 604 g/mol. The first kappa shape index (κ1) is 38.5. The molecule has 0 aliphatic carbocycles. The second kappa shape index (κ2) is 16.0. The van der Waals surface area contributed by atoms with Crippen molar-refractivity contribution < 1.29 is 48.0 Å². The van der Waals surface area contributed by atoms with Crippen molar-refractivity contribution in [3.8, 4) is 0 Å². The molecule has 262 valence electrons. The molecule has 2 aliphatic heterocycles. The predicted octanol–water partition coefficient (Wildman–Crippen LogP) is 5.63. The van der Waals surface area contributed by atoms with Gasteiger partial charge in [-0.05, 0) is 77.2 Å². The van der Waals surface area contributed by atoms with E-state index in [2.05, 4.69) is 0 Å². The Kier molecular flexibility index (Phi) is 13.1. The third kappa shape index (κ3) is 8.96. The third-order valence-corrected chi connectivity index (χ3v) is 9.79. The molecule has 0 aromatic heterocycles. The van der Waals surface area contributed by atoms with E-state index in [0.717, 1.165) is 0 Å². The van der Waals surface area contributed by atoms with Gasteiger partial charge in [-0.15, -0.1) is 0 Å². The Bertz CT molecular complexity index is 1290. The fourth-order valence-electron chi connectivity index (χ4n) is 6.91. The van der Waals surface area contributed by atoms with E-state index in [9.17, 15) is 24.3 Å². The highest BCUT2D eigenvalue weighted by Gasteiger charge is 2.50. The van der Waals surface area contributed by atoms with Crippen LogP contribution in [-0.2, 0) is 38.1 Å². The molecule has 47 heavy (non-hydrogen) atoms. The number of Topliss-reactive ketones (excluding diaryl/α,β-unsaturated/α-hetero) is 2. The summed E-state index contributed by atoms with van der Waals surface area (Å²) < 4.78 is 30.8. The fourth-order valence-corrected chi connectivity index (χ4v) is 6.91. The van der Waals surface area contributed by atoms with Crippen LogP contribution in [0.15, 0.2) is 42.0 Å². The Balaban J connectivity index is 2.10. The van der Waals surface area contributed by atoms with E-state index in [1.54, 1.807) is 58.0 Å². The van der Waals surface area contributed by atoms with E-state index >= 15 is 0 Å². The Morgan fingerprint density at radius 1 is 1.02 bits per heavy atom. The molecule has 1 aromatic carbocycles. The monoisotopic (exact) mass is 658 g/mol. The zero-order valence-corrected chi connectivity index (χ0v) is 29.6. The number of rotatable bonds is 7. The maximum absolute atomic E-state index is 14.1. The van der Waals surface area contributed by atoms with Crippen LogP contribution < -0.4 is 0 Å². The first-order valence-corrected chi connectivity index (χ1v) is 16.8. The number of cyclic esters (lactones) is 1. The van der Waals surface area contributed by atoms with Crippen LogP contribution in [0.5, 0.6) is 0 Å². The molecule has 0 bridgehead atoms. The van der Waals surface area contributed by atoms with Crippen molar-refractivity contribution in [1.82, 2.24) is 0 Å². The van der Waals surface area contributed by atoms with Gasteiger partial charge >= 0.3 is 11.9 Å². The van der Waals surface area contributed by atoms with E-state index in [-0.39, 0.29) is 30.6 Å². The number of ketones is 2. The van der Waals surface area contributed by atoms with E-state index in [1.165, 1.54) is 27.0 Å². The summed E-state index contributed by atoms with van der Waals surface area (Å²) in [7, 11) is 1.48. The highest BCUT2D eigenvalue weighted by Crippen LogP contribution is 2.38. The number of hydrogen-bond donors (Lipinski definition) is 1. The highest BCUT2D eigenvalue weighted by atomic mass is 16.7. The van der Waals surface area contributed by atoms with Gasteiger partial charge in [0.15, 0.2) is 24.0 Å². The average molecular weight is 659 g/mol. The summed E-state index contributed by atoms with van der Waals surface area (Å²) in [5.74, 6) is -4.89. The Labute approximate surface area is 279 Å². The van der Waals surface area contributed by atoms with Crippen LogP contribution in [0.4, 0.5) is 0 Å². The zero-order valence-electron chi connectivity index (χ0n) is 29.6. The molecule has 0 radical (unpaired) electrons. The van der Waals surface area contributed by atoms with Gasteiger partial charge in [0.05, 0.1) is 23.4 Å². The molecular formula is C37H54O10. The predicted molar refractivity (Wildman–Crippen MR) is 175 cm³/mol. The summed E-state index contributed by atoms with van der Waals surface area (Å²) in [5, 5.41) is 11.4. The van der Waals surface area contributed by atoms with Crippen molar-refractivity contribution in [3.63, 3.8) is 0 Å². The van der Waals surface area contributed by atoms with Gasteiger partial charge in [0.25, 0.3) is 0 Å². The molecule has 1 aromatic rings. The fraction of sp³-hybridized carbons (Fsp3) is 0.676. The first-order valence-electron chi connectivity index (χ1n) is 16.8. The first-order chi connectivity index (χ1) is 22.0. The topological polar surface area (TPSA) is 135 Å². The molecule has 0 saturated carbocycles. The number of aliphatic hydroxyl groups is 1. The molecule has 1 saturated heterocycles. The van der Waals surface area contributed by atoms with E-state index in [1.807, 2.05) is 20.8 Å². The maximum atomic E-state index is 14.1. The maximum Gasteiger partial charge on any atom is 0.338 e. The number of benzene rings is 1. The van der Waals surface area contributed by atoms with Crippen LogP contribution in [0, 0.1) is 23.7 Å². The van der Waals surface area contributed by atoms with Crippen molar-refractivity contribution in [3.05, 3.63) is 47.5 Å². The minimum atomic E-state index is -1.64. The molecule has 2 aliphatic rings. The SMILES string of the molecule is CCC1=C[C@](C)(O)[C@@H](CC)OC(=O)[C@H](C)C(=O)[C@H](C)[C@@H](OC2O[C@H](C)C[C@H](C)[C@H]2OC(=O)c2ccccc2)[C@@](C)(OC)C[C@@H](C)C1=O. The van der Waals surface area contributed by atoms with Gasteiger partial charge in [-0.25, -0.2) is 4.79 Å². The smallest absolute Gasteiger partial charge is 0.338 e. The van der Waals surface area contributed by atoms with Gasteiger partial charge < -0.3 is 28.8 Å². The molecule has 0 amide bonds. The minimum absolute atomic E-state index is 0.145. The van der Waals surface area contributed by atoms with Crippen LogP contribution in [0.2, 0.25) is 0 Å². The van der Waals surface area contributed by atoms with Crippen molar-refractivity contribution in [2.75, 3.05) is 7.11 Å². The second-order valence-corrected chi connectivity index (χ2v) is 13.8. The minimum Gasteiger partial charge on any atom is -0.458 e. The number of ether oxygens (including phenoxy) is 5. The van der Waals surface area contributed by atoms with Gasteiger partial charge in [0.1, 0.15) is 17.6 Å². The van der Waals surface area contributed by atoms with Gasteiger partial charge in [0.2, 0.25) is 0 Å². The molecule has 3 rings (SSSR count). The summed E-state index contributed by atoms with van der Waals surface area (Å²) in [6.45, 7) is 15.6. The van der Waals surface area contributed by atoms with E-state index in [0.29, 0.717) is 24.0 Å². The highest BCUT2D eigenvalue weighted by molar-refractivity contribution is 6.00. The van der Waals surface area contributed by atoms with Crippen LogP contribution in [0.1, 0.15) is 98.4 Å². The molecule has 11 atom stereocenters. The molecule has 1 fully saturated rings. The van der Waals surface area contributed by atoms with Crippen LogP contribution in [0.3, 0.4) is 0 Å². The summed E-state index contributed by atoms with van der Waals surface area (Å²) >= 11 is 0. The Morgan fingerprint density at radius 2 is 1.66 bits per heavy atom. The van der Waals surface area contributed by atoms with Gasteiger partial charge in [-0.2, -0.15) is 0 Å². The van der Waals surface area contributed by atoms with Crippen LogP contribution >= 0.6 is 0 Å². The van der Waals surface area contributed by atoms with Crippen molar-refractivity contribution in [1.29, 1.82) is 0 Å². The summed E-state index contributed by atoms with van der Waals surface area (Å²) in [4.78, 5) is 54.5. The lowest BCUT2D eigenvalue weighted by Crippen LogP contribution is -2.57. The van der Waals surface area contributed by atoms with Crippen molar-refractivity contribution in [2.45, 2.75) is 130 Å². The summed E-state index contributed by atoms with van der Waals surface area (Å²) in [6.07, 6.45) is -1.33. The number of methoxy groups -OCH3 is 1. The van der Waals surface area contributed by atoms with Crippen molar-refractivity contribution in [2.24, 2.45) is 23.7 Å². The lowest BCUT2D eigenvalue weighted by Gasteiger charge is -2.46. The number of hydrogen-bond acceptors (Lipinski definition) is 10. The largest absolute Gasteiger partial charge is 0.458 e. The standard InChI is InChI=1S/C37H54O10/c1-11-26-20-36(8,42)28(12-2)45-33(40)25(7)30(39)24(6)32(37(9,43-10)19-22(4)29(26)38)47-35-31(21(3)18-23(5)44-35)46-34(41)27-16-14-13-15-17-27/h13-17,20-25,28,31-32,35,42H,11-12,18-19H2,1-10H3/t21-,22+,23+,24-,25+,28+,31+,32+,35?,36-,37-/m0/s1. The molecule has 1 unspecified atom stereocenters. The quantitative estimate of drug-likeness (QED) is 0.290. The van der Waals surface area contributed by atoms with Gasteiger partial charge in [0, 0.05) is 24.9 Å². The van der Waals surface area contributed by atoms with E-state index < -0.39 is 71.3 Å². The number of carbonyl (C=O) groups is 4. The third-order valence-electron chi connectivity index (χ3n) is 9.79. The Hall–Kier alpha value is -2.92. The van der Waals surface area contributed by atoms with Crippen LogP contribution in [-0.4, -0.2) is 77.6 Å². The molecule has 10 heteroatoms. The molecule has 0 spiro atoms. The summed E-state index contributed by atoms with van der Waals surface area (Å²) in [5.41, 5.74) is -2.11. The lowest BCUT2D eigenvalue weighted by atomic mass is 9.76. The zero-order chi connectivity index (χ0) is 35.3. The molecule has 2 heterocycles. The van der Waals surface area contributed by atoms with Gasteiger partial charge in [-0.1, -0.05) is 52.8 Å². The number of esters is 2. The molecule has 1 N–H and O–H groups in total. The average Bonchev–Trinajstić information content (AvgIpc) is 3.04.